The summed E-state index contributed by atoms with van der Waals surface area (Å²) in [6, 6.07) is 11.7. The molecule has 0 unspecified atom stereocenters. The smallest absolute Gasteiger partial charge is 0.111 e. The molecule has 2 nitrogen and oxygen atoms in total. The molecule has 118 valence electrons. The fourth-order valence-electron chi connectivity index (χ4n) is 2.37. The third-order valence-electron chi connectivity index (χ3n) is 3.48. The van der Waals surface area contributed by atoms with E-state index in [1.807, 2.05) is 25.1 Å². The number of hydrogen-bond acceptors (Lipinski definition) is 1. The summed E-state index contributed by atoms with van der Waals surface area (Å²) in [4.78, 5) is 8.06. The van der Waals surface area contributed by atoms with E-state index in [-0.39, 0.29) is 0 Å². The lowest BCUT2D eigenvalue weighted by Crippen LogP contribution is -1.91. The Morgan fingerprint density at radius 3 is 2.48 bits per heavy atom. The van der Waals surface area contributed by atoms with Crippen molar-refractivity contribution in [1.82, 2.24) is 9.97 Å². The Labute approximate surface area is 161 Å². The largest absolute Gasteiger partial charge is 0.345 e. The number of nitrogens with zero attached hydrogens (tertiary/aromatic N) is 1. The Morgan fingerprint density at radius 1 is 1.00 bits per heavy atom. The highest BCUT2D eigenvalue weighted by molar-refractivity contribution is 9.13. The molecule has 0 spiro atoms. The van der Waals surface area contributed by atoms with Gasteiger partial charge in [-0.2, -0.15) is 0 Å². The second-order valence-corrected chi connectivity index (χ2v) is 7.73. The maximum atomic E-state index is 6.11. The first-order valence-corrected chi connectivity index (χ1v) is 9.23. The van der Waals surface area contributed by atoms with E-state index in [0.717, 1.165) is 38.1 Å². The number of imidazole rings is 1. The van der Waals surface area contributed by atoms with Crippen LogP contribution in [0.1, 0.15) is 17.1 Å². The number of aryl methyl sites for hydroxylation is 1. The van der Waals surface area contributed by atoms with Gasteiger partial charge in [0.25, 0.3) is 0 Å². The highest BCUT2D eigenvalue weighted by atomic mass is 79.9. The van der Waals surface area contributed by atoms with Crippen molar-refractivity contribution >= 4 is 55.1 Å². The quantitative estimate of drug-likeness (QED) is 0.444. The van der Waals surface area contributed by atoms with Gasteiger partial charge >= 0.3 is 0 Å². The molecule has 0 saturated heterocycles. The Hall–Kier alpha value is -0.810. The van der Waals surface area contributed by atoms with Crippen molar-refractivity contribution in [2.45, 2.75) is 13.3 Å². The Balaban J connectivity index is 1.91. The Morgan fingerprint density at radius 2 is 1.78 bits per heavy atom. The highest BCUT2D eigenvalue weighted by Crippen LogP contribution is 2.30. The number of benzene rings is 2. The minimum absolute atomic E-state index is 0.532. The normalized spacial score (nSPS) is 11.0. The summed E-state index contributed by atoms with van der Waals surface area (Å²) in [6.45, 7) is 2.01. The lowest BCUT2D eigenvalue weighted by molar-refractivity contribution is 1.02. The predicted molar refractivity (Wildman–Crippen MR) is 103 cm³/mol. The van der Waals surface area contributed by atoms with Crippen LogP contribution in [0.15, 0.2) is 45.3 Å². The molecule has 1 aromatic heterocycles. The van der Waals surface area contributed by atoms with Crippen LogP contribution in [-0.4, -0.2) is 9.97 Å². The molecule has 0 amide bonds. The van der Waals surface area contributed by atoms with Gasteiger partial charge in [0.05, 0.1) is 15.7 Å². The third-order valence-corrected chi connectivity index (χ3v) is 6.10. The summed E-state index contributed by atoms with van der Waals surface area (Å²) in [6.07, 6.45) is 0.730. The van der Waals surface area contributed by atoms with E-state index in [9.17, 15) is 0 Å². The van der Waals surface area contributed by atoms with Crippen LogP contribution in [0.4, 0.5) is 0 Å². The van der Waals surface area contributed by atoms with Crippen molar-refractivity contribution in [3.63, 3.8) is 0 Å². The number of aromatic amines is 1. The van der Waals surface area contributed by atoms with E-state index in [1.165, 1.54) is 5.56 Å². The minimum atomic E-state index is 0.532. The molecule has 0 fully saturated rings. The molecular weight excluding hydrogens is 463 g/mol. The zero-order valence-electron chi connectivity index (χ0n) is 12.1. The van der Waals surface area contributed by atoms with Crippen LogP contribution < -0.4 is 0 Å². The maximum Gasteiger partial charge on any atom is 0.111 e. The van der Waals surface area contributed by atoms with Gasteiger partial charge in [0.2, 0.25) is 0 Å². The first-order chi connectivity index (χ1) is 10.9. The van der Waals surface area contributed by atoms with Crippen LogP contribution >= 0.6 is 55.1 Å². The maximum absolute atomic E-state index is 6.11. The molecule has 0 aliphatic carbocycles. The molecular formula is C17H12Br2Cl2N2. The summed E-state index contributed by atoms with van der Waals surface area (Å²) in [7, 11) is 0. The second-order valence-electron chi connectivity index (χ2n) is 5.21. The van der Waals surface area contributed by atoms with Crippen LogP contribution in [0.3, 0.4) is 0 Å². The number of hydrogen-bond donors (Lipinski definition) is 1. The topological polar surface area (TPSA) is 28.7 Å². The van der Waals surface area contributed by atoms with Crippen molar-refractivity contribution in [3.8, 4) is 11.3 Å². The first kappa shape index (κ1) is 17.0. The molecule has 0 radical (unpaired) electrons. The standard InChI is InChI=1S/C17H12Br2Cl2N2/c1-9-17(11-3-5-14(20)15(21)8-11)23-16(22-9)7-10-2-4-12(18)13(19)6-10/h2-6,8H,7H2,1H3,(H,22,23). The van der Waals surface area contributed by atoms with E-state index in [2.05, 4.69) is 49.0 Å². The first-order valence-electron chi connectivity index (χ1n) is 6.89. The van der Waals surface area contributed by atoms with Crippen LogP contribution in [0.5, 0.6) is 0 Å². The average molecular weight is 475 g/mol. The molecule has 1 N–H and O–H groups in total. The van der Waals surface area contributed by atoms with Gasteiger partial charge in [-0.25, -0.2) is 4.98 Å². The zero-order chi connectivity index (χ0) is 16.6. The van der Waals surface area contributed by atoms with E-state index < -0.39 is 0 Å². The molecule has 2 aromatic carbocycles. The van der Waals surface area contributed by atoms with Gasteiger partial charge in [0.1, 0.15) is 5.82 Å². The Bertz CT molecular complexity index is 875. The lowest BCUT2D eigenvalue weighted by atomic mass is 10.1. The van der Waals surface area contributed by atoms with Gasteiger partial charge in [-0.3, -0.25) is 0 Å². The number of rotatable bonds is 3. The SMILES string of the molecule is Cc1[nH]c(Cc2ccc(Br)c(Br)c2)nc1-c1ccc(Cl)c(Cl)c1. The predicted octanol–water partition coefficient (Wildman–Crippen LogP) is 6.81. The van der Waals surface area contributed by atoms with E-state index in [0.29, 0.717) is 10.0 Å². The molecule has 0 atom stereocenters. The molecule has 1 heterocycles. The molecule has 0 bridgehead atoms. The van der Waals surface area contributed by atoms with Crippen LogP contribution in [0.25, 0.3) is 11.3 Å². The van der Waals surface area contributed by atoms with Gasteiger partial charge in [-0.05, 0) is 68.6 Å². The number of nitrogens with one attached hydrogen (secondary N) is 1. The zero-order valence-corrected chi connectivity index (χ0v) is 16.8. The highest BCUT2D eigenvalue weighted by Gasteiger charge is 2.11. The van der Waals surface area contributed by atoms with Gasteiger partial charge in [-0.1, -0.05) is 35.3 Å². The van der Waals surface area contributed by atoms with Gasteiger partial charge in [-0.15, -0.1) is 0 Å². The molecule has 3 aromatic rings. The van der Waals surface area contributed by atoms with Crippen molar-refractivity contribution in [2.75, 3.05) is 0 Å². The number of halogens is 4. The molecule has 0 aliphatic rings. The van der Waals surface area contributed by atoms with Crippen LogP contribution in [0, 0.1) is 6.92 Å². The van der Waals surface area contributed by atoms with Crippen molar-refractivity contribution in [3.05, 3.63) is 72.5 Å². The molecule has 6 heteroatoms. The number of H-pyrrole nitrogens is 1. The summed E-state index contributed by atoms with van der Waals surface area (Å²) in [5.74, 6) is 0.915. The summed E-state index contributed by atoms with van der Waals surface area (Å²) >= 11 is 19.1. The molecule has 3 rings (SSSR count). The van der Waals surface area contributed by atoms with Crippen LogP contribution in [-0.2, 0) is 6.42 Å². The van der Waals surface area contributed by atoms with Gasteiger partial charge in [0, 0.05) is 26.6 Å². The van der Waals surface area contributed by atoms with E-state index in [1.54, 1.807) is 6.07 Å². The molecule has 0 aliphatic heterocycles. The fourth-order valence-corrected chi connectivity index (χ4v) is 3.34. The average Bonchev–Trinajstić information content (AvgIpc) is 2.86. The van der Waals surface area contributed by atoms with Crippen molar-refractivity contribution in [2.24, 2.45) is 0 Å². The third kappa shape index (κ3) is 3.82. The molecule has 0 saturated carbocycles. The Kier molecular flexibility index (Phi) is 5.16. The second kappa shape index (κ2) is 6.98. The van der Waals surface area contributed by atoms with Gasteiger partial charge in [0.15, 0.2) is 0 Å². The monoisotopic (exact) mass is 472 g/mol. The fraction of sp³-hybridized carbons (Fsp3) is 0.118. The van der Waals surface area contributed by atoms with Crippen molar-refractivity contribution in [1.29, 1.82) is 0 Å². The summed E-state index contributed by atoms with van der Waals surface area (Å²) < 4.78 is 2.07. The lowest BCUT2D eigenvalue weighted by Gasteiger charge is -2.02. The van der Waals surface area contributed by atoms with Crippen molar-refractivity contribution < 1.29 is 0 Å². The molecule has 23 heavy (non-hydrogen) atoms. The summed E-state index contributed by atoms with van der Waals surface area (Å²) in [5, 5.41) is 1.08. The minimum Gasteiger partial charge on any atom is -0.345 e. The van der Waals surface area contributed by atoms with E-state index >= 15 is 0 Å². The van der Waals surface area contributed by atoms with E-state index in [4.69, 9.17) is 28.2 Å². The van der Waals surface area contributed by atoms with Crippen LogP contribution in [0.2, 0.25) is 10.0 Å². The van der Waals surface area contributed by atoms with Gasteiger partial charge < -0.3 is 4.98 Å². The summed E-state index contributed by atoms with van der Waals surface area (Å²) in [5.41, 5.74) is 4.04. The number of aromatic nitrogens is 2.